The van der Waals surface area contributed by atoms with Crippen molar-refractivity contribution in [3.63, 3.8) is 0 Å². The predicted molar refractivity (Wildman–Crippen MR) is 101 cm³/mol. The summed E-state index contributed by atoms with van der Waals surface area (Å²) < 4.78 is 79.6. The van der Waals surface area contributed by atoms with Gasteiger partial charge in [0, 0.05) is 14.1 Å². The number of alkyl halides is 6. The fourth-order valence-corrected chi connectivity index (χ4v) is 3.72. The quantitative estimate of drug-likeness (QED) is 0.573. The Morgan fingerprint density at radius 1 is 1.07 bits per heavy atom. The first-order chi connectivity index (χ1) is 13.9. The molecule has 1 aliphatic rings. The molecule has 30 heavy (non-hydrogen) atoms. The average Bonchev–Trinajstić information content (AvgIpc) is 3.21. The number of hydrogen-bond donors (Lipinski definition) is 0. The van der Waals surface area contributed by atoms with E-state index in [4.69, 9.17) is 0 Å². The maximum Gasteiger partial charge on any atom is 0.435 e. The Labute approximate surface area is 171 Å². The summed E-state index contributed by atoms with van der Waals surface area (Å²) in [4.78, 5) is 14.1. The molecule has 2 heterocycles. The second kappa shape index (κ2) is 7.78. The molecule has 3 rings (SSSR count). The molecular weight excluding hydrogens is 432 g/mol. The number of amides is 1. The second-order valence-corrected chi connectivity index (χ2v) is 7.63. The van der Waals surface area contributed by atoms with Crippen LogP contribution >= 0.6 is 11.3 Å². The van der Waals surface area contributed by atoms with Crippen LogP contribution in [0.25, 0.3) is 16.3 Å². The van der Waals surface area contributed by atoms with Crippen molar-refractivity contribution in [2.45, 2.75) is 18.8 Å². The number of halogens is 6. The van der Waals surface area contributed by atoms with Crippen molar-refractivity contribution in [1.29, 1.82) is 0 Å². The van der Waals surface area contributed by atoms with Gasteiger partial charge in [0.05, 0.1) is 26.7 Å². The van der Waals surface area contributed by atoms with Gasteiger partial charge in [-0.3, -0.25) is 4.79 Å². The molecule has 1 aliphatic carbocycles. The minimum absolute atomic E-state index is 0.0245. The Bertz CT molecular complexity index is 1050. The normalized spacial score (nSPS) is 14.9. The van der Waals surface area contributed by atoms with Crippen molar-refractivity contribution in [3.05, 3.63) is 58.6 Å². The summed E-state index contributed by atoms with van der Waals surface area (Å²) in [6.45, 7) is 0. The third-order valence-corrected chi connectivity index (χ3v) is 5.24. The molecule has 0 unspecified atom stereocenters. The van der Waals surface area contributed by atoms with Gasteiger partial charge < -0.3 is 4.90 Å². The molecule has 11 heteroatoms. The number of aromatic nitrogens is 2. The molecule has 0 N–H and O–H groups in total. The van der Waals surface area contributed by atoms with E-state index in [1.165, 1.54) is 23.1 Å². The van der Waals surface area contributed by atoms with Crippen LogP contribution in [-0.2, 0) is 6.18 Å². The lowest BCUT2D eigenvalue weighted by Crippen LogP contribution is -2.20. The Hall–Kier alpha value is -2.82. The standard InChI is InChI=1S/C19H15F6N3OS/c1-27(2)17(29)15-9-8-14(30-15)13-10-16(19(23,24)25)26-28(13)12-5-3-4-11(6-7-12)18(20,21)22/h4-10H,3H2,1-2H3. The van der Waals surface area contributed by atoms with Gasteiger partial charge in [-0.25, -0.2) is 4.68 Å². The second-order valence-electron chi connectivity index (χ2n) is 6.54. The van der Waals surface area contributed by atoms with E-state index in [1.807, 2.05) is 0 Å². The van der Waals surface area contributed by atoms with E-state index in [0.29, 0.717) is 9.75 Å². The Balaban J connectivity index is 2.07. The van der Waals surface area contributed by atoms with Gasteiger partial charge >= 0.3 is 12.4 Å². The molecule has 160 valence electrons. The molecule has 0 radical (unpaired) electrons. The van der Waals surface area contributed by atoms with Crippen molar-refractivity contribution >= 4 is 22.9 Å². The first-order valence-electron chi connectivity index (χ1n) is 8.53. The molecule has 0 spiro atoms. The first kappa shape index (κ1) is 21.9. The minimum atomic E-state index is -4.75. The number of rotatable bonds is 3. The lowest BCUT2D eigenvalue weighted by atomic mass is 10.2. The zero-order valence-corrected chi connectivity index (χ0v) is 16.5. The maximum atomic E-state index is 13.3. The van der Waals surface area contributed by atoms with E-state index >= 15 is 0 Å². The van der Waals surface area contributed by atoms with Gasteiger partial charge in [-0.15, -0.1) is 11.3 Å². The van der Waals surface area contributed by atoms with Crippen LogP contribution < -0.4 is 0 Å². The van der Waals surface area contributed by atoms with Crippen molar-refractivity contribution in [1.82, 2.24) is 14.7 Å². The minimum Gasteiger partial charge on any atom is -0.344 e. The zero-order chi connectivity index (χ0) is 22.3. The number of allylic oxidation sites excluding steroid dienone is 6. The van der Waals surface area contributed by atoms with Crippen molar-refractivity contribution < 1.29 is 31.1 Å². The maximum absolute atomic E-state index is 13.3. The highest BCUT2D eigenvalue weighted by Gasteiger charge is 2.36. The van der Waals surface area contributed by atoms with Crippen LogP contribution in [0.15, 0.2) is 48.1 Å². The molecule has 0 fully saturated rings. The summed E-state index contributed by atoms with van der Waals surface area (Å²) in [5, 5.41) is 3.58. The summed E-state index contributed by atoms with van der Waals surface area (Å²) in [6.07, 6.45) is -5.28. The highest BCUT2D eigenvalue weighted by molar-refractivity contribution is 7.17. The lowest BCUT2D eigenvalue weighted by molar-refractivity contribution is -0.141. The number of carbonyl (C=O) groups excluding carboxylic acids is 1. The van der Waals surface area contributed by atoms with Crippen LogP contribution in [0, 0.1) is 0 Å². The van der Waals surface area contributed by atoms with Gasteiger partial charge in [0.15, 0.2) is 5.69 Å². The van der Waals surface area contributed by atoms with Crippen LogP contribution in [0.4, 0.5) is 26.3 Å². The average molecular weight is 447 g/mol. The third kappa shape index (κ3) is 4.50. The number of nitrogens with zero attached hydrogens (tertiary/aromatic N) is 3. The highest BCUT2D eigenvalue weighted by atomic mass is 32.1. The Morgan fingerprint density at radius 3 is 2.37 bits per heavy atom. The smallest absolute Gasteiger partial charge is 0.344 e. The topological polar surface area (TPSA) is 38.1 Å². The van der Waals surface area contributed by atoms with Crippen LogP contribution in [0.3, 0.4) is 0 Å². The third-order valence-electron chi connectivity index (χ3n) is 4.15. The van der Waals surface area contributed by atoms with Crippen molar-refractivity contribution in [3.8, 4) is 10.6 Å². The fraction of sp³-hybridized carbons (Fsp3) is 0.263. The molecule has 2 aromatic rings. The monoisotopic (exact) mass is 447 g/mol. The van der Waals surface area contributed by atoms with Gasteiger partial charge in [0.25, 0.3) is 5.91 Å². The van der Waals surface area contributed by atoms with E-state index in [2.05, 4.69) is 5.10 Å². The fourth-order valence-electron chi connectivity index (χ4n) is 2.69. The Kier molecular flexibility index (Phi) is 5.68. The molecule has 0 atom stereocenters. The molecule has 0 bridgehead atoms. The molecule has 4 nitrogen and oxygen atoms in total. The van der Waals surface area contributed by atoms with Crippen LogP contribution in [0.1, 0.15) is 21.8 Å². The Morgan fingerprint density at radius 2 is 1.77 bits per heavy atom. The summed E-state index contributed by atoms with van der Waals surface area (Å²) >= 11 is 0.971. The summed E-state index contributed by atoms with van der Waals surface area (Å²) in [5.41, 5.74) is -2.00. The van der Waals surface area contributed by atoms with E-state index in [1.54, 1.807) is 14.1 Å². The van der Waals surface area contributed by atoms with Gasteiger partial charge in [0.2, 0.25) is 0 Å². The zero-order valence-electron chi connectivity index (χ0n) is 15.7. The van der Waals surface area contributed by atoms with Gasteiger partial charge in [-0.2, -0.15) is 31.4 Å². The summed E-state index contributed by atoms with van der Waals surface area (Å²) in [7, 11) is 3.08. The first-order valence-corrected chi connectivity index (χ1v) is 9.34. The van der Waals surface area contributed by atoms with E-state index in [0.717, 1.165) is 40.3 Å². The molecule has 2 aromatic heterocycles. The molecule has 0 aliphatic heterocycles. The number of thiophene rings is 1. The SMILES string of the molecule is CN(C)C(=O)c1ccc(-c2cc(C(F)(F)F)nn2C2=CCC=C(C(F)(F)F)C=C2)s1. The molecular formula is C19H15F6N3OS. The van der Waals surface area contributed by atoms with Crippen molar-refractivity contribution in [2.24, 2.45) is 0 Å². The van der Waals surface area contributed by atoms with E-state index < -0.39 is 23.6 Å². The highest BCUT2D eigenvalue weighted by Crippen LogP contribution is 2.37. The summed E-state index contributed by atoms with van der Waals surface area (Å²) in [6, 6.07) is 3.77. The van der Waals surface area contributed by atoms with E-state index in [-0.39, 0.29) is 23.7 Å². The van der Waals surface area contributed by atoms with Crippen LogP contribution in [0.5, 0.6) is 0 Å². The molecule has 0 saturated heterocycles. The van der Waals surface area contributed by atoms with E-state index in [9.17, 15) is 31.1 Å². The molecule has 0 aromatic carbocycles. The molecule has 1 amide bonds. The van der Waals surface area contributed by atoms with Gasteiger partial charge in [-0.05, 0) is 36.8 Å². The summed E-state index contributed by atoms with van der Waals surface area (Å²) in [5.74, 6) is -0.319. The number of hydrogen-bond acceptors (Lipinski definition) is 3. The lowest BCUT2D eigenvalue weighted by Gasteiger charge is -2.08. The predicted octanol–water partition coefficient (Wildman–Crippen LogP) is 5.62. The number of carbonyl (C=O) groups is 1. The largest absolute Gasteiger partial charge is 0.435 e. The molecule has 0 saturated carbocycles. The van der Waals surface area contributed by atoms with Gasteiger partial charge in [0.1, 0.15) is 0 Å². The van der Waals surface area contributed by atoms with Crippen LogP contribution in [-0.4, -0.2) is 40.9 Å². The van der Waals surface area contributed by atoms with Crippen molar-refractivity contribution in [2.75, 3.05) is 14.1 Å². The van der Waals surface area contributed by atoms with Crippen LogP contribution in [0.2, 0.25) is 0 Å². The van der Waals surface area contributed by atoms with Gasteiger partial charge in [-0.1, -0.05) is 12.2 Å².